The predicted octanol–water partition coefficient (Wildman–Crippen LogP) is 3.12. The fourth-order valence-electron chi connectivity index (χ4n) is 3.25. The zero-order valence-corrected chi connectivity index (χ0v) is 18.3. The van der Waals surface area contributed by atoms with Crippen LogP contribution in [0.25, 0.3) is 0 Å². The number of cyclic esters (lactones) is 1. The van der Waals surface area contributed by atoms with Gasteiger partial charge < -0.3 is 28.4 Å². The van der Waals surface area contributed by atoms with Crippen LogP contribution < -0.4 is 9.47 Å². The van der Waals surface area contributed by atoms with Gasteiger partial charge in [-0.3, -0.25) is 4.79 Å². The van der Waals surface area contributed by atoms with Gasteiger partial charge in [-0.1, -0.05) is 11.6 Å². The Balaban J connectivity index is 2.33. The summed E-state index contributed by atoms with van der Waals surface area (Å²) in [5, 5.41) is 0. The Kier molecular flexibility index (Phi) is 9.14. The van der Waals surface area contributed by atoms with Crippen molar-refractivity contribution in [1.82, 2.24) is 0 Å². The molecule has 2 rings (SSSR count). The van der Waals surface area contributed by atoms with Crippen molar-refractivity contribution in [2.45, 2.75) is 39.7 Å². The summed E-state index contributed by atoms with van der Waals surface area (Å²) in [6.45, 7) is 4.80. The highest BCUT2D eigenvalue weighted by molar-refractivity contribution is 5.98. The lowest BCUT2D eigenvalue weighted by atomic mass is 9.94. The third kappa shape index (κ3) is 5.73. The molecule has 0 aromatic heterocycles. The molecule has 0 atom stereocenters. The Labute approximate surface area is 177 Å². The number of allylic oxidation sites excluding steroid dienone is 2. The van der Waals surface area contributed by atoms with Crippen molar-refractivity contribution in [2.75, 3.05) is 41.3 Å². The highest BCUT2D eigenvalue weighted by Crippen LogP contribution is 2.42. The third-order valence-corrected chi connectivity index (χ3v) is 4.95. The van der Waals surface area contributed by atoms with E-state index in [1.807, 2.05) is 19.9 Å². The molecule has 0 N–H and O–H groups in total. The Morgan fingerprint density at radius 1 is 1.13 bits per heavy atom. The molecule has 0 amide bonds. The minimum atomic E-state index is -0.421. The molecule has 8 heteroatoms. The van der Waals surface area contributed by atoms with Crippen LogP contribution in [-0.4, -0.2) is 53.3 Å². The lowest BCUT2D eigenvalue weighted by Gasteiger charge is -2.19. The van der Waals surface area contributed by atoms with Gasteiger partial charge in [-0.05, 0) is 32.3 Å². The van der Waals surface area contributed by atoms with E-state index in [1.165, 1.54) is 7.11 Å². The highest BCUT2D eigenvalue weighted by Gasteiger charge is 2.33. The average molecular weight is 422 g/mol. The maximum atomic E-state index is 12.4. The largest absolute Gasteiger partial charge is 0.496 e. The first-order chi connectivity index (χ1) is 14.4. The van der Waals surface area contributed by atoms with E-state index < -0.39 is 5.97 Å². The second-order valence-corrected chi connectivity index (χ2v) is 6.89. The average Bonchev–Trinajstić information content (AvgIpc) is 3.13. The van der Waals surface area contributed by atoms with E-state index in [0.29, 0.717) is 49.5 Å². The topological polar surface area (TPSA) is 89.5 Å². The summed E-state index contributed by atoms with van der Waals surface area (Å²) in [4.78, 5) is 23.8. The van der Waals surface area contributed by atoms with Crippen LogP contribution in [0.3, 0.4) is 0 Å². The summed E-state index contributed by atoms with van der Waals surface area (Å²) in [7, 11) is 4.55. The smallest absolute Gasteiger partial charge is 0.342 e. The molecule has 1 aliphatic rings. The van der Waals surface area contributed by atoms with Crippen molar-refractivity contribution >= 4 is 11.9 Å². The Morgan fingerprint density at radius 2 is 1.90 bits per heavy atom. The van der Waals surface area contributed by atoms with Crippen LogP contribution in [0.2, 0.25) is 0 Å². The van der Waals surface area contributed by atoms with Gasteiger partial charge in [0.05, 0.1) is 27.4 Å². The fourth-order valence-corrected chi connectivity index (χ4v) is 3.25. The molecule has 0 unspecified atom stereocenters. The van der Waals surface area contributed by atoms with E-state index in [4.69, 9.17) is 23.7 Å². The zero-order valence-electron chi connectivity index (χ0n) is 18.3. The molecule has 0 saturated carbocycles. The molecular weight excluding hydrogens is 392 g/mol. The predicted molar refractivity (Wildman–Crippen MR) is 109 cm³/mol. The Hall–Kier alpha value is -2.58. The number of carbonyl (C=O) groups is 2. The minimum absolute atomic E-state index is 0.0344. The summed E-state index contributed by atoms with van der Waals surface area (Å²) in [6.07, 6.45) is 3.34. The van der Waals surface area contributed by atoms with Gasteiger partial charge >= 0.3 is 11.9 Å². The van der Waals surface area contributed by atoms with E-state index in [9.17, 15) is 9.59 Å². The molecule has 30 heavy (non-hydrogen) atoms. The summed E-state index contributed by atoms with van der Waals surface area (Å²) >= 11 is 0. The van der Waals surface area contributed by atoms with Crippen molar-refractivity contribution in [1.29, 1.82) is 0 Å². The van der Waals surface area contributed by atoms with Crippen LogP contribution in [0.15, 0.2) is 11.6 Å². The van der Waals surface area contributed by atoms with Gasteiger partial charge in [-0.2, -0.15) is 0 Å². The van der Waals surface area contributed by atoms with Crippen molar-refractivity contribution in [3.63, 3.8) is 0 Å². The van der Waals surface area contributed by atoms with Crippen molar-refractivity contribution in [2.24, 2.45) is 0 Å². The zero-order chi connectivity index (χ0) is 22.1. The van der Waals surface area contributed by atoms with Crippen molar-refractivity contribution in [3.05, 3.63) is 33.9 Å². The van der Waals surface area contributed by atoms with Crippen LogP contribution in [0, 0.1) is 6.92 Å². The number of fused-ring (bicyclic) bond motifs is 1. The monoisotopic (exact) mass is 422 g/mol. The fraction of sp³-hybridized carbons (Fsp3) is 0.545. The SMILES string of the molecule is COCCOCOc1c(CC=C(C)CCC(=O)OC)c(OC)c(C)c2c1C(=O)OC2. The molecule has 0 aliphatic carbocycles. The molecule has 0 spiro atoms. The molecule has 1 aromatic carbocycles. The van der Waals surface area contributed by atoms with Crippen LogP contribution in [-0.2, 0) is 36.8 Å². The third-order valence-electron chi connectivity index (χ3n) is 4.95. The quantitative estimate of drug-likeness (QED) is 0.220. The van der Waals surface area contributed by atoms with Gasteiger partial charge in [-0.25, -0.2) is 4.79 Å². The van der Waals surface area contributed by atoms with E-state index in [2.05, 4.69) is 4.74 Å². The van der Waals surface area contributed by atoms with Crippen LogP contribution in [0.4, 0.5) is 0 Å². The number of rotatable bonds is 12. The number of esters is 2. The minimum Gasteiger partial charge on any atom is -0.496 e. The van der Waals surface area contributed by atoms with Crippen molar-refractivity contribution in [3.8, 4) is 11.5 Å². The lowest BCUT2D eigenvalue weighted by molar-refractivity contribution is -0.140. The van der Waals surface area contributed by atoms with E-state index >= 15 is 0 Å². The molecular formula is C22H30O8. The maximum absolute atomic E-state index is 12.4. The van der Waals surface area contributed by atoms with Gasteiger partial charge in [0.1, 0.15) is 23.7 Å². The maximum Gasteiger partial charge on any atom is 0.342 e. The van der Waals surface area contributed by atoms with Gasteiger partial charge in [0, 0.05) is 24.7 Å². The van der Waals surface area contributed by atoms with Crippen molar-refractivity contribution < 1.29 is 38.0 Å². The Bertz CT molecular complexity index is 797. The van der Waals surface area contributed by atoms with Crippen LogP contribution in [0.5, 0.6) is 11.5 Å². The molecule has 0 saturated heterocycles. The van der Waals surface area contributed by atoms with Gasteiger partial charge in [0.25, 0.3) is 0 Å². The molecule has 1 heterocycles. The molecule has 1 aliphatic heterocycles. The van der Waals surface area contributed by atoms with E-state index in [1.54, 1.807) is 14.2 Å². The first kappa shape index (κ1) is 23.7. The van der Waals surface area contributed by atoms with Crippen LogP contribution >= 0.6 is 0 Å². The van der Waals surface area contributed by atoms with Gasteiger partial charge in [0.15, 0.2) is 6.79 Å². The lowest BCUT2D eigenvalue weighted by Crippen LogP contribution is -2.13. The standard InChI is InChI=1S/C22H30O8/c1-14(7-9-18(23)26-4)6-8-16-20(27-5)15(2)17-12-29-22(24)19(17)21(16)30-13-28-11-10-25-3/h6H,7-13H2,1-5H3. The molecule has 8 nitrogen and oxygen atoms in total. The van der Waals surface area contributed by atoms with E-state index in [-0.39, 0.29) is 19.4 Å². The molecule has 0 radical (unpaired) electrons. The highest BCUT2D eigenvalue weighted by atomic mass is 16.7. The summed E-state index contributed by atoms with van der Waals surface area (Å²) in [5.41, 5.74) is 3.78. The number of hydrogen-bond acceptors (Lipinski definition) is 8. The number of methoxy groups -OCH3 is 3. The number of ether oxygens (including phenoxy) is 6. The second kappa shape index (κ2) is 11.6. The number of hydrogen-bond donors (Lipinski definition) is 0. The molecule has 0 bridgehead atoms. The first-order valence-electron chi connectivity index (χ1n) is 9.75. The first-order valence-corrected chi connectivity index (χ1v) is 9.75. The van der Waals surface area contributed by atoms with Gasteiger partial charge in [0.2, 0.25) is 0 Å². The van der Waals surface area contributed by atoms with E-state index in [0.717, 1.165) is 22.3 Å². The molecule has 1 aromatic rings. The van der Waals surface area contributed by atoms with Crippen LogP contribution in [0.1, 0.15) is 46.8 Å². The second-order valence-electron chi connectivity index (χ2n) is 6.89. The number of carbonyl (C=O) groups excluding carboxylic acids is 2. The Morgan fingerprint density at radius 3 is 2.57 bits per heavy atom. The molecule has 0 fully saturated rings. The summed E-state index contributed by atoms with van der Waals surface area (Å²) in [6, 6.07) is 0. The summed E-state index contributed by atoms with van der Waals surface area (Å²) in [5.74, 6) is 0.379. The normalized spacial score (nSPS) is 13.1. The molecule has 166 valence electrons. The van der Waals surface area contributed by atoms with Gasteiger partial charge in [-0.15, -0.1) is 0 Å². The number of benzene rings is 1. The summed E-state index contributed by atoms with van der Waals surface area (Å²) < 4.78 is 31.9.